The summed E-state index contributed by atoms with van der Waals surface area (Å²) in [6.45, 7) is 6.66. The van der Waals surface area contributed by atoms with Gasteiger partial charge in [0.1, 0.15) is 0 Å². The van der Waals surface area contributed by atoms with Gasteiger partial charge in [0.05, 0.1) is 26.3 Å². The molecular weight excluding hydrogens is 400 g/mol. The molecule has 2 aliphatic rings. The van der Waals surface area contributed by atoms with Crippen LogP contribution in [0.5, 0.6) is 0 Å². The Morgan fingerprint density at radius 1 is 0.923 bits per heavy atom. The summed E-state index contributed by atoms with van der Waals surface area (Å²) in [5.74, 6) is 0.145. The molecule has 7 nitrogen and oxygen atoms in total. The molecule has 1 aromatic carbocycles. The summed E-state index contributed by atoms with van der Waals surface area (Å²) in [6, 6.07) is 7.53. The summed E-state index contributed by atoms with van der Waals surface area (Å²) in [6.07, 6.45) is 0. The van der Waals surface area contributed by atoms with E-state index in [2.05, 4.69) is 31.0 Å². The highest BCUT2D eigenvalue weighted by atomic mass is 79.9. The van der Waals surface area contributed by atoms with Gasteiger partial charge in [-0.05, 0) is 24.3 Å². The Kier molecular flexibility index (Phi) is 7.01. The van der Waals surface area contributed by atoms with E-state index in [1.165, 1.54) is 0 Å². The van der Waals surface area contributed by atoms with Gasteiger partial charge in [0, 0.05) is 49.4 Å². The van der Waals surface area contributed by atoms with Crippen LogP contribution in [0.25, 0.3) is 0 Å². The maximum Gasteiger partial charge on any atom is 0.238 e. The van der Waals surface area contributed by atoms with Crippen LogP contribution in [-0.2, 0) is 14.3 Å². The minimum Gasteiger partial charge on any atom is -0.379 e. The second-order valence-electron chi connectivity index (χ2n) is 6.60. The zero-order chi connectivity index (χ0) is 18.4. The lowest BCUT2D eigenvalue weighted by molar-refractivity contribution is -0.135. The quantitative estimate of drug-likeness (QED) is 0.759. The van der Waals surface area contributed by atoms with E-state index in [0.29, 0.717) is 39.4 Å². The molecule has 2 aliphatic heterocycles. The molecule has 0 unspecified atom stereocenters. The third-order valence-electron chi connectivity index (χ3n) is 4.68. The Balaban J connectivity index is 1.38. The van der Waals surface area contributed by atoms with Crippen molar-refractivity contribution in [3.05, 3.63) is 28.7 Å². The largest absolute Gasteiger partial charge is 0.379 e. The monoisotopic (exact) mass is 424 g/mol. The smallest absolute Gasteiger partial charge is 0.238 e. The van der Waals surface area contributed by atoms with Crippen molar-refractivity contribution in [3.63, 3.8) is 0 Å². The molecule has 0 radical (unpaired) electrons. The van der Waals surface area contributed by atoms with Crippen LogP contribution < -0.4 is 5.32 Å². The molecular formula is C18H25BrN4O3. The van der Waals surface area contributed by atoms with Crippen LogP contribution in [-0.4, -0.2) is 92.1 Å². The first-order valence-corrected chi connectivity index (χ1v) is 9.75. The summed E-state index contributed by atoms with van der Waals surface area (Å²) in [7, 11) is 0. The fourth-order valence-electron chi connectivity index (χ4n) is 3.14. The molecule has 26 heavy (non-hydrogen) atoms. The Morgan fingerprint density at radius 2 is 1.54 bits per heavy atom. The van der Waals surface area contributed by atoms with E-state index in [9.17, 15) is 9.59 Å². The molecule has 0 aromatic heterocycles. The molecule has 142 valence electrons. The Morgan fingerprint density at radius 3 is 2.19 bits per heavy atom. The van der Waals surface area contributed by atoms with Crippen molar-refractivity contribution >= 4 is 33.4 Å². The number of piperazine rings is 1. The molecule has 1 aromatic rings. The highest BCUT2D eigenvalue weighted by Crippen LogP contribution is 2.14. The summed E-state index contributed by atoms with van der Waals surface area (Å²) >= 11 is 3.38. The topological polar surface area (TPSA) is 65.1 Å². The lowest BCUT2D eigenvalue weighted by atomic mass is 10.2. The number of hydrogen-bond donors (Lipinski definition) is 1. The summed E-state index contributed by atoms with van der Waals surface area (Å²) in [4.78, 5) is 30.7. The molecule has 8 heteroatoms. The number of nitrogens with zero attached hydrogens (tertiary/aromatic N) is 3. The molecule has 2 amide bonds. The summed E-state index contributed by atoms with van der Waals surface area (Å²) in [5, 5.41) is 2.90. The van der Waals surface area contributed by atoms with E-state index in [4.69, 9.17) is 4.74 Å². The van der Waals surface area contributed by atoms with E-state index < -0.39 is 0 Å². The maximum absolute atomic E-state index is 12.4. The van der Waals surface area contributed by atoms with Crippen molar-refractivity contribution in [1.29, 1.82) is 0 Å². The number of anilines is 1. The number of amides is 2. The van der Waals surface area contributed by atoms with Crippen LogP contribution in [0.15, 0.2) is 28.7 Å². The van der Waals surface area contributed by atoms with Crippen LogP contribution in [0, 0.1) is 0 Å². The SMILES string of the molecule is O=C(CN1CCN(C(=O)CN2CCOCC2)CC1)Nc1ccc(Br)cc1. The molecule has 3 rings (SSSR count). The van der Waals surface area contributed by atoms with Gasteiger partial charge >= 0.3 is 0 Å². The first-order chi connectivity index (χ1) is 12.6. The number of morpholine rings is 1. The average Bonchev–Trinajstić information content (AvgIpc) is 2.65. The summed E-state index contributed by atoms with van der Waals surface area (Å²) < 4.78 is 6.29. The second-order valence-corrected chi connectivity index (χ2v) is 7.52. The van der Waals surface area contributed by atoms with Gasteiger partial charge in [0.2, 0.25) is 11.8 Å². The number of nitrogens with one attached hydrogen (secondary N) is 1. The van der Waals surface area contributed by atoms with Crippen LogP contribution >= 0.6 is 15.9 Å². The van der Waals surface area contributed by atoms with Crippen LogP contribution in [0.3, 0.4) is 0 Å². The minimum absolute atomic E-state index is 0.0274. The van der Waals surface area contributed by atoms with Gasteiger partial charge in [-0.15, -0.1) is 0 Å². The Bertz CT molecular complexity index is 611. The first-order valence-electron chi connectivity index (χ1n) is 8.96. The predicted molar refractivity (Wildman–Crippen MR) is 103 cm³/mol. The van der Waals surface area contributed by atoms with E-state index >= 15 is 0 Å². The molecule has 0 saturated carbocycles. The molecule has 0 atom stereocenters. The van der Waals surface area contributed by atoms with Crippen molar-refractivity contribution in [1.82, 2.24) is 14.7 Å². The van der Waals surface area contributed by atoms with E-state index in [-0.39, 0.29) is 11.8 Å². The number of ether oxygens (including phenoxy) is 1. The zero-order valence-corrected chi connectivity index (χ0v) is 16.4. The van der Waals surface area contributed by atoms with Gasteiger partial charge in [0.25, 0.3) is 0 Å². The summed E-state index contributed by atoms with van der Waals surface area (Å²) in [5.41, 5.74) is 0.789. The Labute approximate surface area is 162 Å². The molecule has 2 heterocycles. The molecule has 0 bridgehead atoms. The number of hydrogen-bond acceptors (Lipinski definition) is 5. The second kappa shape index (κ2) is 9.45. The third-order valence-corrected chi connectivity index (χ3v) is 5.21. The Hall–Kier alpha value is -1.48. The van der Waals surface area contributed by atoms with Crippen molar-refractivity contribution < 1.29 is 14.3 Å². The number of carbonyl (C=O) groups is 2. The van der Waals surface area contributed by atoms with Crippen molar-refractivity contribution in [2.75, 3.05) is 70.9 Å². The third kappa shape index (κ3) is 5.77. The predicted octanol–water partition coefficient (Wildman–Crippen LogP) is 0.864. The van der Waals surface area contributed by atoms with Gasteiger partial charge in [-0.1, -0.05) is 15.9 Å². The average molecular weight is 425 g/mol. The number of rotatable bonds is 5. The molecule has 2 fully saturated rings. The van der Waals surface area contributed by atoms with Crippen LogP contribution in [0.1, 0.15) is 0 Å². The van der Waals surface area contributed by atoms with E-state index in [1.807, 2.05) is 29.2 Å². The lowest BCUT2D eigenvalue weighted by Gasteiger charge is -2.36. The molecule has 0 spiro atoms. The molecule has 2 saturated heterocycles. The maximum atomic E-state index is 12.4. The normalized spacial score (nSPS) is 19.3. The zero-order valence-electron chi connectivity index (χ0n) is 14.8. The standard InChI is InChI=1S/C18H25BrN4O3/c19-15-1-3-16(4-2-15)20-17(24)13-21-5-7-23(8-6-21)18(25)14-22-9-11-26-12-10-22/h1-4H,5-14H2,(H,20,24). The number of benzene rings is 1. The van der Waals surface area contributed by atoms with Crippen molar-refractivity contribution in [2.45, 2.75) is 0 Å². The minimum atomic E-state index is -0.0274. The van der Waals surface area contributed by atoms with Crippen molar-refractivity contribution in [2.24, 2.45) is 0 Å². The fourth-order valence-corrected chi connectivity index (χ4v) is 3.41. The van der Waals surface area contributed by atoms with Crippen molar-refractivity contribution in [3.8, 4) is 0 Å². The molecule has 1 N–H and O–H groups in total. The van der Waals surface area contributed by atoms with Gasteiger partial charge in [-0.2, -0.15) is 0 Å². The number of carbonyl (C=O) groups excluding carboxylic acids is 2. The fraction of sp³-hybridized carbons (Fsp3) is 0.556. The van der Waals surface area contributed by atoms with Crippen LogP contribution in [0.4, 0.5) is 5.69 Å². The first kappa shape index (κ1) is 19.3. The van der Waals surface area contributed by atoms with Gasteiger partial charge in [-0.25, -0.2) is 0 Å². The number of halogens is 1. The van der Waals surface area contributed by atoms with Gasteiger partial charge in [-0.3, -0.25) is 19.4 Å². The molecule has 0 aliphatic carbocycles. The lowest BCUT2D eigenvalue weighted by Crippen LogP contribution is -2.53. The van der Waals surface area contributed by atoms with Gasteiger partial charge in [0.15, 0.2) is 0 Å². The van der Waals surface area contributed by atoms with Gasteiger partial charge < -0.3 is 15.0 Å². The van der Waals surface area contributed by atoms with E-state index in [0.717, 1.165) is 36.3 Å². The van der Waals surface area contributed by atoms with E-state index in [1.54, 1.807) is 0 Å². The highest BCUT2D eigenvalue weighted by Gasteiger charge is 2.24. The highest BCUT2D eigenvalue weighted by molar-refractivity contribution is 9.10. The van der Waals surface area contributed by atoms with Crippen LogP contribution in [0.2, 0.25) is 0 Å².